The lowest BCUT2D eigenvalue weighted by Crippen LogP contribution is -1.97. The van der Waals surface area contributed by atoms with Crippen molar-refractivity contribution >= 4 is 0 Å². The molecule has 0 N–H and O–H groups in total. The maximum Gasteiger partial charge on any atom is 0.121 e. The van der Waals surface area contributed by atoms with Crippen molar-refractivity contribution in [3.63, 3.8) is 0 Å². The predicted molar refractivity (Wildman–Crippen MR) is 58.4 cm³/mol. The lowest BCUT2D eigenvalue weighted by Gasteiger charge is -2.08. The van der Waals surface area contributed by atoms with E-state index in [1.807, 2.05) is 6.20 Å². The fourth-order valence-electron chi connectivity index (χ4n) is 1.51. The third-order valence-corrected chi connectivity index (χ3v) is 2.36. The quantitative estimate of drug-likeness (QED) is 0.567. The summed E-state index contributed by atoms with van der Waals surface area (Å²) in [5, 5.41) is 4.02. The van der Waals surface area contributed by atoms with Gasteiger partial charge in [0.15, 0.2) is 0 Å². The number of nitrogens with zero attached hydrogens (tertiary/aromatic N) is 1. The summed E-state index contributed by atoms with van der Waals surface area (Å²) in [5.41, 5.74) is 0. The zero-order valence-electron chi connectivity index (χ0n) is 9.04. The molecule has 0 aromatic rings. The van der Waals surface area contributed by atoms with Gasteiger partial charge in [0.2, 0.25) is 0 Å². The molecule has 0 atom stereocenters. The van der Waals surface area contributed by atoms with Crippen LogP contribution in [0.15, 0.2) is 24.4 Å². The Morgan fingerprint density at radius 2 is 1.93 bits per heavy atom. The highest BCUT2D eigenvalue weighted by atomic mass is 16.5. The summed E-state index contributed by atoms with van der Waals surface area (Å²) in [4.78, 5) is 0. The molecule has 0 saturated carbocycles. The van der Waals surface area contributed by atoms with Gasteiger partial charge in [0.05, 0.1) is 12.4 Å². The Morgan fingerprint density at radius 3 is 2.64 bits per heavy atom. The Kier molecular flexibility index (Phi) is 5.96. The van der Waals surface area contributed by atoms with Crippen molar-refractivity contribution < 1.29 is 4.74 Å². The summed E-state index contributed by atoms with van der Waals surface area (Å²) < 4.78 is 5.29. The minimum atomic E-state index is 1.00. The van der Waals surface area contributed by atoms with Gasteiger partial charge in [-0.3, -0.25) is 5.32 Å². The molecule has 0 spiro atoms. The second-order valence-corrected chi connectivity index (χ2v) is 3.67. The molecule has 14 heavy (non-hydrogen) atoms. The molecule has 0 aliphatic carbocycles. The van der Waals surface area contributed by atoms with E-state index in [1.165, 1.54) is 38.5 Å². The van der Waals surface area contributed by atoms with Crippen LogP contribution in [-0.4, -0.2) is 0 Å². The van der Waals surface area contributed by atoms with Crippen LogP contribution >= 0.6 is 0 Å². The highest BCUT2D eigenvalue weighted by Crippen LogP contribution is 2.14. The Morgan fingerprint density at radius 1 is 1.14 bits per heavy atom. The third-order valence-electron chi connectivity index (χ3n) is 2.36. The van der Waals surface area contributed by atoms with Gasteiger partial charge in [0, 0.05) is 6.42 Å². The molecule has 1 aliphatic rings. The summed E-state index contributed by atoms with van der Waals surface area (Å²) in [5.74, 6) is 1.00. The molecule has 1 heterocycles. The van der Waals surface area contributed by atoms with Gasteiger partial charge in [-0.25, -0.2) is 0 Å². The predicted octanol–water partition coefficient (Wildman–Crippen LogP) is 3.68. The van der Waals surface area contributed by atoms with E-state index in [2.05, 4.69) is 12.2 Å². The first-order chi connectivity index (χ1) is 6.93. The molecule has 0 unspecified atom stereocenters. The molecule has 79 valence electrons. The summed E-state index contributed by atoms with van der Waals surface area (Å²) >= 11 is 0. The fourth-order valence-corrected chi connectivity index (χ4v) is 1.51. The number of hydrogen-bond donors (Lipinski definition) is 0. The van der Waals surface area contributed by atoms with Crippen LogP contribution < -0.4 is 5.32 Å². The Balaban J connectivity index is 1.91. The minimum absolute atomic E-state index is 1.00. The van der Waals surface area contributed by atoms with E-state index in [-0.39, 0.29) is 0 Å². The van der Waals surface area contributed by atoms with Gasteiger partial charge in [-0.1, -0.05) is 39.0 Å². The molecular weight excluding hydrogens is 174 g/mol. The van der Waals surface area contributed by atoms with Gasteiger partial charge in [0.25, 0.3) is 0 Å². The molecular formula is C12H20NO. The van der Waals surface area contributed by atoms with Crippen LogP contribution in [0.3, 0.4) is 0 Å². The minimum Gasteiger partial charge on any atom is -0.466 e. The number of allylic oxidation sites excluding steroid dienone is 1. The summed E-state index contributed by atoms with van der Waals surface area (Å²) in [7, 11) is 0. The van der Waals surface area contributed by atoms with E-state index < -0.39 is 0 Å². The van der Waals surface area contributed by atoms with E-state index in [0.717, 1.165) is 12.2 Å². The lowest BCUT2D eigenvalue weighted by atomic mass is 10.1. The molecule has 0 aromatic carbocycles. The second-order valence-electron chi connectivity index (χ2n) is 3.67. The normalized spacial score (nSPS) is 14.5. The zero-order valence-corrected chi connectivity index (χ0v) is 9.04. The van der Waals surface area contributed by atoms with Crippen molar-refractivity contribution in [2.45, 2.75) is 51.9 Å². The maximum atomic E-state index is 5.29. The third kappa shape index (κ3) is 4.95. The highest BCUT2D eigenvalue weighted by molar-refractivity contribution is 5.00. The second kappa shape index (κ2) is 7.48. The molecule has 0 fully saturated rings. The number of hydrogen-bond acceptors (Lipinski definition) is 1. The molecule has 1 rings (SSSR count). The Hall–Kier alpha value is -0.920. The summed E-state index contributed by atoms with van der Waals surface area (Å²) in [6, 6.07) is 0. The van der Waals surface area contributed by atoms with Crippen molar-refractivity contribution in [1.82, 2.24) is 5.32 Å². The SMILES string of the molecule is CCCCCCCCC1=C[N]C=CO1. The van der Waals surface area contributed by atoms with Crippen LogP contribution in [0.1, 0.15) is 51.9 Å². The number of unbranched alkanes of at least 4 members (excludes halogenated alkanes) is 5. The first-order valence-electron chi connectivity index (χ1n) is 5.64. The molecule has 1 radical (unpaired) electrons. The lowest BCUT2D eigenvalue weighted by molar-refractivity contribution is 0.315. The van der Waals surface area contributed by atoms with Crippen LogP contribution in [0.4, 0.5) is 0 Å². The summed E-state index contributed by atoms with van der Waals surface area (Å²) in [6.07, 6.45) is 14.1. The standard InChI is InChI=1S/C12H20NO/c1-2-3-4-5-6-7-8-12-11-13-9-10-14-12/h9-11H,2-8H2,1H3. The van der Waals surface area contributed by atoms with Gasteiger partial charge in [0.1, 0.15) is 12.0 Å². The average Bonchev–Trinajstić information content (AvgIpc) is 2.25. The fraction of sp³-hybridized carbons (Fsp3) is 0.667. The molecule has 2 nitrogen and oxygen atoms in total. The highest BCUT2D eigenvalue weighted by Gasteiger charge is 2.00. The average molecular weight is 194 g/mol. The van der Waals surface area contributed by atoms with Gasteiger partial charge in [-0.2, -0.15) is 0 Å². The molecule has 0 amide bonds. The zero-order chi connectivity index (χ0) is 10.1. The molecule has 0 saturated heterocycles. The van der Waals surface area contributed by atoms with Crippen molar-refractivity contribution in [3.05, 3.63) is 24.4 Å². The molecule has 0 bridgehead atoms. The molecule has 2 heteroatoms. The summed E-state index contributed by atoms with van der Waals surface area (Å²) in [6.45, 7) is 2.24. The van der Waals surface area contributed by atoms with Crippen molar-refractivity contribution in [2.75, 3.05) is 0 Å². The monoisotopic (exact) mass is 194 g/mol. The Labute approximate surface area is 87.0 Å². The number of rotatable bonds is 7. The molecule has 0 aromatic heterocycles. The van der Waals surface area contributed by atoms with E-state index in [4.69, 9.17) is 4.74 Å². The Bertz CT molecular complexity index is 196. The van der Waals surface area contributed by atoms with E-state index >= 15 is 0 Å². The largest absolute Gasteiger partial charge is 0.466 e. The van der Waals surface area contributed by atoms with Crippen molar-refractivity contribution in [2.24, 2.45) is 0 Å². The maximum absolute atomic E-state index is 5.29. The van der Waals surface area contributed by atoms with Gasteiger partial charge in [-0.15, -0.1) is 0 Å². The van der Waals surface area contributed by atoms with Crippen LogP contribution in [0, 0.1) is 0 Å². The van der Waals surface area contributed by atoms with Crippen molar-refractivity contribution in [3.8, 4) is 0 Å². The van der Waals surface area contributed by atoms with E-state index in [0.29, 0.717) is 0 Å². The smallest absolute Gasteiger partial charge is 0.121 e. The van der Waals surface area contributed by atoms with Gasteiger partial charge >= 0.3 is 0 Å². The van der Waals surface area contributed by atoms with E-state index in [9.17, 15) is 0 Å². The number of ether oxygens (including phenoxy) is 1. The molecule has 1 aliphatic heterocycles. The first-order valence-corrected chi connectivity index (χ1v) is 5.64. The van der Waals surface area contributed by atoms with E-state index in [1.54, 1.807) is 12.5 Å². The topological polar surface area (TPSA) is 23.3 Å². The van der Waals surface area contributed by atoms with Crippen molar-refractivity contribution in [1.29, 1.82) is 0 Å². The van der Waals surface area contributed by atoms with Crippen LogP contribution in [0.2, 0.25) is 0 Å². The van der Waals surface area contributed by atoms with Crippen LogP contribution in [0.25, 0.3) is 0 Å². The van der Waals surface area contributed by atoms with Crippen LogP contribution in [-0.2, 0) is 4.74 Å². The van der Waals surface area contributed by atoms with Gasteiger partial charge < -0.3 is 4.74 Å². The first kappa shape index (κ1) is 11.2. The van der Waals surface area contributed by atoms with Crippen LogP contribution in [0.5, 0.6) is 0 Å². The van der Waals surface area contributed by atoms with Gasteiger partial charge in [-0.05, 0) is 6.42 Å².